The van der Waals surface area contributed by atoms with Crippen LogP contribution in [-0.4, -0.2) is 27.5 Å². The van der Waals surface area contributed by atoms with Gasteiger partial charge in [0.05, 0.1) is 12.1 Å². The smallest absolute Gasteiger partial charge is 0.324 e. The van der Waals surface area contributed by atoms with Gasteiger partial charge in [-0.15, -0.1) is 0 Å². The fourth-order valence-corrected chi connectivity index (χ4v) is 3.83. The Morgan fingerprint density at radius 2 is 1.76 bits per heavy atom. The van der Waals surface area contributed by atoms with E-state index in [1.54, 1.807) is 0 Å². The Morgan fingerprint density at radius 1 is 1.16 bits per heavy atom. The third-order valence-corrected chi connectivity index (χ3v) is 5.27. The molecular formula is C16H14ClF2NO4S. The van der Waals surface area contributed by atoms with E-state index >= 15 is 0 Å². The topological polar surface area (TPSA) is 72.5 Å². The number of nitrogens with one attached hydrogen (secondary N) is 1. The molecule has 0 amide bonds. The number of esters is 1. The molecule has 134 valence electrons. The van der Waals surface area contributed by atoms with E-state index in [4.69, 9.17) is 11.6 Å². The lowest BCUT2D eigenvalue weighted by molar-refractivity contribution is -0.142. The molecule has 25 heavy (non-hydrogen) atoms. The summed E-state index contributed by atoms with van der Waals surface area (Å²) in [6.07, 6.45) is -0.0645. The molecule has 0 aliphatic carbocycles. The Labute approximate surface area is 148 Å². The molecule has 9 heteroatoms. The number of hydrogen-bond acceptors (Lipinski definition) is 4. The third kappa shape index (κ3) is 4.97. The summed E-state index contributed by atoms with van der Waals surface area (Å²) in [5.74, 6) is -1.98. The zero-order valence-corrected chi connectivity index (χ0v) is 14.6. The maximum Gasteiger partial charge on any atom is 0.324 e. The predicted molar refractivity (Wildman–Crippen MR) is 87.6 cm³/mol. The Kier molecular flexibility index (Phi) is 6.10. The minimum absolute atomic E-state index is 0.0645. The summed E-state index contributed by atoms with van der Waals surface area (Å²) >= 11 is 5.77. The van der Waals surface area contributed by atoms with Gasteiger partial charge in [0.15, 0.2) is 0 Å². The normalized spacial score (nSPS) is 12.6. The molecule has 0 saturated heterocycles. The average Bonchev–Trinajstić information content (AvgIpc) is 2.55. The summed E-state index contributed by atoms with van der Waals surface area (Å²) in [7, 11) is -3.10. The molecule has 1 atom stereocenters. The van der Waals surface area contributed by atoms with Crippen LogP contribution in [0, 0.1) is 11.6 Å². The lowest BCUT2D eigenvalue weighted by Gasteiger charge is -2.17. The molecule has 0 aromatic heterocycles. The number of hydrogen-bond donors (Lipinski definition) is 1. The van der Waals surface area contributed by atoms with Crippen LogP contribution in [0.3, 0.4) is 0 Å². The molecule has 0 radical (unpaired) electrons. The standard InChI is InChI=1S/C16H14ClF2NO4S/c1-24-16(21)14(8-10-2-4-11(18)5-3-10)20-25(22,23)15-7-6-12(19)9-13(15)17/h2-7,9,14,20H,8H2,1H3. The summed E-state index contributed by atoms with van der Waals surface area (Å²) in [5, 5.41) is -0.321. The summed E-state index contributed by atoms with van der Waals surface area (Å²) in [6, 6.07) is 6.74. The van der Waals surface area contributed by atoms with Crippen LogP contribution in [0.15, 0.2) is 47.4 Å². The number of methoxy groups -OCH3 is 1. The van der Waals surface area contributed by atoms with Crippen molar-refractivity contribution in [3.05, 3.63) is 64.7 Å². The van der Waals surface area contributed by atoms with Gasteiger partial charge in [-0.1, -0.05) is 23.7 Å². The molecule has 0 aliphatic heterocycles. The Morgan fingerprint density at radius 3 is 2.32 bits per heavy atom. The number of halogens is 3. The zero-order valence-electron chi connectivity index (χ0n) is 13.0. The van der Waals surface area contributed by atoms with E-state index < -0.39 is 33.7 Å². The summed E-state index contributed by atoms with van der Waals surface area (Å²) < 4.78 is 57.8. The van der Waals surface area contributed by atoms with Crippen molar-refractivity contribution in [2.75, 3.05) is 7.11 Å². The van der Waals surface area contributed by atoms with E-state index in [2.05, 4.69) is 9.46 Å². The number of carbonyl (C=O) groups excluding carboxylic acids is 1. The molecule has 0 spiro atoms. The van der Waals surface area contributed by atoms with Gasteiger partial charge in [0.2, 0.25) is 10.0 Å². The summed E-state index contributed by atoms with van der Waals surface area (Å²) in [6.45, 7) is 0. The number of ether oxygens (including phenoxy) is 1. The maximum absolute atomic E-state index is 13.1. The molecule has 2 aromatic rings. The van der Waals surface area contributed by atoms with Crippen molar-refractivity contribution in [1.29, 1.82) is 0 Å². The molecular weight excluding hydrogens is 376 g/mol. The van der Waals surface area contributed by atoms with Crippen molar-refractivity contribution in [2.45, 2.75) is 17.4 Å². The molecule has 5 nitrogen and oxygen atoms in total. The van der Waals surface area contributed by atoms with Gasteiger partial charge in [-0.3, -0.25) is 4.79 Å². The van der Waals surface area contributed by atoms with Crippen LogP contribution in [0.1, 0.15) is 5.56 Å². The highest BCUT2D eigenvalue weighted by Gasteiger charge is 2.28. The van der Waals surface area contributed by atoms with Crippen molar-refractivity contribution in [3.63, 3.8) is 0 Å². The minimum atomic E-state index is -4.21. The van der Waals surface area contributed by atoms with E-state index in [1.807, 2.05) is 0 Å². The second-order valence-electron chi connectivity index (χ2n) is 5.10. The van der Waals surface area contributed by atoms with Gasteiger partial charge in [-0.25, -0.2) is 17.2 Å². The zero-order chi connectivity index (χ0) is 18.6. The molecule has 0 heterocycles. The molecule has 0 fully saturated rings. The van der Waals surface area contributed by atoms with Crippen molar-refractivity contribution in [3.8, 4) is 0 Å². The van der Waals surface area contributed by atoms with Crippen LogP contribution in [0.2, 0.25) is 5.02 Å². The second-order valence-corrected chi connectivity index (χ2v) is 7.19. The Balaban J connectivity index is 2.29. The average molecular weight is 390 g/mol. The molecule has 0 saturated carbocycles. The summed E-state index contributed by atoms with van der Waals surface area (Å²) in [4.78, 5) is 11.5. The monoisotopic (exact) mass is 389 g/mol. The van der Waals surface area contributed by atoms with Gasteiger partial charge in [0.1, 0.15) is 22.6 Å². The van der Waals surface area contributed by atoms with E-state index in [1.165, 1.54) is 24.3 Å². The molecule has 0 bridgehead atoms. The van der Waals surface area contributed by atoms with E-state index in [9.17, 15) is 22.0 Å². The highest BCUT2D eigenvalue weighted by molar-refractivity contribution is 7.89. The molecule has 2 rings (SSSR count). The Hall–Kier alpha value is -2.03. The number of rotatable bonds is 6. The highest BCUT2D eigenvalue weighted by atomic mass is 35.5. The van der Waals surface area contributed by atoms with Crippen LogP contribution in [0.4, 0.5) is 8.78 Å². The van der Waals surface area contributed by atoms with Crippen molar-refractivity contribution in [1.82, 2.24) is 4.72 Å². The van der Waals surface area contributed by atoms with E-state index in [-0.39, 0.29) is 16.3 Å². The SMILES string of the molecule is COC(=O)C(Cc1ccc(F)cc1)NS(=O)(=O)c1ccc(F)cc1Cl. The van der Waals surface area contributed by atoms with Crippen LogP contribution in [0.25, 0.3) is 0 Å². The molecule has 0 aliphatic rings. The van der Waals surface area contributed by atoms with Crippen molar-refractivity contribution < 1.29 is 26.7 Å². The quantitative estimate of drug-likeness (QED) is 0.771. The summed E-state index contributed by atoms with van der Waals surface area (Å²) in [5.41, 5.74) is 0.518. The van der Waals surface area contributed by atoms with Crippen LogP contribution >= 0.6 is 11.6 Å². The first-order valence-electron chi connectivity index (χ1n) is 7.02. The Bertz CT molecular complexity index is 872. The van der Waals surface area contributed by atoms with Crippen LogP contribution < -0.4 is 4.72 Å². The fourth-order valence-electron chi connectivity index (χ4n) is 2.12. The van der Waals surface area contributed by atoms with Gasteiger partial charge in [-0.05, 0) is 42.3 Å². The predicted octanol–water partition coefficient (Wildman–Crippen LogP) is 2.68. The van der Waals surface area contributed by atoms with Crippen LogP contribution in [0.5, 0.6) is 0 Å². The lowest BCUT2D eigenvalue weighted by Crippen LogP contribution is -2.43. The first-order valence-corrected chi connectivity index (χ1v) is 8.88. The van der Waals surface area contributed by atoms with Gasteiger partial charge in [0, 0.05) is 0 Å². The first-order chi connectivity index (χ1) is 11.7. The van der Waals surface area contributed by atoms with Gasteiger partial charge >= 0.3 is 5.97 Å². The maximum atomic E-state index is 13.1. The van der Waals surface area contributed by atoms with Crippen molar-refractivity contribution >= 4 is 27.6 Å². The van der Waals surface area contributed by atoms with Gasteiger partial charge in [-0.2, -0.15) is 4.72 Å². The highest BCUT2D eigenvalue weighted by Crippen LogP contribution is 2.22. The number of benzene rings is 2. The third-order valence-electron chi connectivity index (χ3n) is 3.32. The number of sulfonamides is 1. The van der Waals surface area contributed by atoms with E-state index in [0.29, 0.717) is 5.56 Å². The largest absolute Gasteiger partial charge is 0.468 e. The second kappa shape index (κ2) is 7.90. The lowest BCUT2D eigenvalue weighted by atomic mass is 10.1. The van der Waals surface area contributed by atoms with Crippen LogP contribution in [-0.2, 0) is 26.0 Å². The number of carbonyl (C=O) groups is 1. The first kappa shape index (κ1) is 19.3. The fraction of sp³-hybridized carbons (Fsp3) is 0.188. The molecule has 2 aromatic carbocycles. The van der Waals surface area contributed by atoms with Gasteiger partial charge < -0.3 is 4.74 Å². The minimum Gasteiger partial charge on any atom is -0.468 e. The van der Waals surface area contributed by atoms with Crippen molar-refractivity contribution in [2.24, 2.45) is 0 Å². The molecule has 1 N–H and O–H groups in total. The van der Waals surface area contributed by atoms with E-state index in [0.717, 1.165) is 25.3 Å². The molecule has 1 unspecified atom stereocenters. The van der Waals surface area contributed by atoms with Gasteiger partial charge in [0.25, 0.3) is 0 Å².